The molecule has 0 bridgehead atoms. The Bertz CT molecular complexity index is 1410. The third kappa shape index (κ3) is 7.29. The van der Waals surface area contributed by atoms with Gasteiger partial charge in [-0.3, -0.25) is 9.59 Å². The Kier molecular flexibility index (Phi) is 10.5. The van der Waals surface area contributed by atoms with Crippen molar-refractivity contribution in [1.82, 2.24) is 15.4 Å². The smallest absolute Gasteiger partial charge is 0.264 e. The molecule has 0 saturated carbocycles. The van der Waals surface area contributed by atoms with Gasteiger partial charge in [0.25, 0.3) is 10.0 Å². The SMILES string of the molecule is CCCCCC(=O)N(Cc1ccc(-c2ccccc2S(=O)(=O)Nc2onc(C)c2C)cc1)C(C(=O)NC)C(C)C. The van der Waals surface area contributed by atoms with Crippen LogP contribution < -0.4 is 10.0 Å². The maximum atomic E-state index is 13.3. The van der Waals surface area contributed by atoms with E-state index in [4.69, 9.17) is 4.52 Å². The molecule has 0 fully saturated rings. The average Bonchev–Trinajstić information content (AvgIpc) is 3.24. The van der Waals surface area contributed by atoms with Gasteiger partial charge in [-0.25, -0.2) is 13.1 Å². The van der Waals surface area contributed by atoms with Crippen molar-refractivity contribution in [3.8, 4) is 11.1 Å². The second kappa shape index (κ2) is 13.6. The monoisotopic (exact) mass is 568 g/mol. The van der Waals surface area contributed by atoms with E-state index in [9.17, 15) is 18.0 Å². The van der Waals surface area contributed by atoms with Gasteiger partial charge in [-0.05, 0) is 43.4 Å². The number of likely N-dealkylation sites (N-methyl/N-ethyl adjacent to an activating group) is 1. The molecule has 2 N–H and O–H groups in total. The molecular formula is C30H40N4O5S. The van der Waals surface area contributed by atoms with Crippen LogP contribution in [0, 0.1) is 19.8 Å². The van der Waals surface area contributed by atoms with Crippen molar-refractivity contribution < 1.29 is 22.5 Å². The molecule has 0 aliphatic rings. The first-order valence-corrected chi connectivity index (χ1v) is 15.1. The van der Waals surface area contributed by atoms with Crippen molar-refractivity contribution in [2.75, 3.05) is 11.8 Å². The Balaban J connectivity index is 1.90. The van der Waals surface area contributed by atoms with E-state index in [1.807, 2.05) is 38.1 Å². The van der Waals surface area contributed by atoms with Crippen LogP contribution in [0.2, 0.25) is 0 Å². The van der Waals surface area contributed by atoms with E-state index in [-0.39, 0.29) is 35.1 Å². The van der Waals surface area contributed by atoms with Gasteiger partial charge in [0.05, 0.1) is 10.6 Å². The molecule has 0 saturated heterocycles. The fourth-order valence-electron chi connectivity index (χ4n) is 4.58. The maximum absolute atomic E-state index is 13.3. The molecule has 1 unspecified atom stereocenters. The number of sulfonamides is 1. The van der Waals surface area contributed by atoms with Crippen LogP contribution >= 0.6 is 0 Å². The summed E-state index contributed by atoms with van der Waals surface area (Å²) < 4.78 is 34.3. The van der Waals surface area contributed by atoms with Gasteiger partial charge >= 0.3 is 0 Å². The van der Waals surface area contributed by atoms with Crippen molar-refractivity contribution in [3.05, 3.63) is 65.4 Å². The molecule has 2 amide bonds. The number of hydrogen-bond donors (Lipinski definition) is 2. The van der Waals surface area contributed by atoms with Crippen LogP contribution in [0.1, 0.15) is 63.3 Å². The molecule has 3 rings (SSSR count). The number of rotatable bonds is 13. The Morgan fingerprint density at radius 1 is 1.02 bits per heavy atom. The van der Waals surface area contributed by atoms with Gasteiger partial charge in [-0.15, -0.1) is 0 Å². The molecule has 0 spiro atoms. The standard InChI is InChI=1S/C30H40N4O5S/c1-7-8-9-14-27(35)34(28(20(2)3)29(36)31-6)19-23-15-17-24(18-16-23)25-12-10-11-13-26(25)40(37,38)33-30-21(4)22(5)32-39-30/h10-13,15-18,20,28,33H,7-9,14,19H2,1-6H3,(H,31,36). The number of aryl methyl sites for hydroxylation is 1. The zero-order valence-electron chi connectivity index (χ0n) is 24.2. The number of amides is 2. The first kappa shape index (κ1) is 30.9. The zero-order chi connectivity index (χ0) is 29.4. The molecule has 0 aliphatic heterocycles. The average molecular weight is 569 g/mol. The number of aromatic nitrogens is 1. The Labute approximate surface area is 237 Å². The Morgan fingerprint density at radius 2 is 1.70 bits per heavy atom. The third-order valence-corrected chi connectivity index (χ3v) is 8.36. The highest BCUT2D eigenvalue weighted by molar-refractivity contribution is 7.92. The van der Waals surface area contributed by atoms with Gasteiger partial charge < -0.3 is 14.7 Å². The second-order valence-electron chi connectivity index (χ2n) is 10.3. The summed E-state index contributed by atoms with van der Waals surface area (Å²) in [5.74, 6) is -0.238. The predicted octanol–water partition coefficient (Wildman–Crippen LogP) is 5.44. The van der Waals surface area contributed by atoms with E-state index < -0.39 is 16.1 Å². The fourth-order valence-corrected chi connectivity index (χ4v) is 5.85. The molecule has 1 heterocycles. The topological polar surface area (TPSA) is 122 Å². The normalized spacial score (nSPS) is 12.3. The summed E-state index contributed by atoms with van der Waals surface area (Å²) in [6.07, 6.45) is 3.11. The predicted molar refractivity (Wildman–Crippen MR) is 156 cm³/mol. The molecule has 1 aromatic heterocycles. The highest BCUT2D eigenvalue weighted by Gasteiger charge is 2.31. The number of carbonyl (C=O) groups excluding carboxylic acids is 2. The van der Waals surface area contributed by atoms with Crippen LogP contribution in [0.3, 0.4) is 0 Å². The highest BCUT2D eigenvalue weighted by atomic mass is 32.2. The van der Waals surface area contributed by atoms with Crippen molar-refractivity contribution >= 4 is 27.7 Å². The second-order valence-corrected chi connectivity index (χ2v) is 12.0. The Morgan fingerprint density at radius 3 is 2.27 bits per heavy atom. The van der Waals surface area contributed by atoms with E-state index >= 15 is 0 Å². The van der Waals surface area contributed by atoms with Crippen LogP contribution in [0.5, 0.6) is 0 Å². The molecule has 0 radical (unpaired) electrons. The minimum Gasteiger partial charge on any atom is -0.357 e. The summed E-state index contributed by atoms with van der Waals surface area (Å²) in [5, 5.41) is 6.53. The summed E-state index contributed by atoms with van der Waals surface area (Å²) in [4.78, 5) is 27.8. The number of anilines is 1. The number of nitrogens with zero attached hydrogens (tertiary/aromatic N) is 2. The zero-order valence-corrected chi connectivity index (χ0v) is 25.0. The lowest BCUT2D eigenvalue weighted by atomic mass is 9.98. The summed E-state index contributed by atoms with van der Waals surface area (Å²) in [6, 6.07) is 13.5. The number of carbonyl (C=O) groups is 2. The molecule has 1 atom stereocenters. The summed E-state index contributed by atoms with van der Waals surface area (Å²) in [5.41, 5.74) is 3.29. The largest absolute Gasteiger partial charge is 0.357 e. The van der Waals surface area contributed by atoms with E-state index in [2.05, 4.69) is 22.1 Å². The van der Waals surface area contributed by atoms with Gasteiger partial charge in [0, 0.05) is 31.1 Å². The van der Waals surface area contributed by atoms with Crippen molar-refractivity contribution in [3.63, 3.8) is 0 Å². The number of benzene rings is 2. The first-order chi connectivity index (χ1) is 19.0. The van der Waals surface area contributed by atoms with Crippen molar-refractivity contribution in [2.24, 2.45) is 5.92 Å². The summed E-state index contributed by atoms with van der Waals surface area (Å²) >= 11 is 0. The minimum absolute atomic E-state index is 0.0553. The van der Waals surface area contributed by atoms with Crippen LogP contribution in [0.15, 0.2) is 57.9 Å². The lowest BCUT2D eigenvalue weighted by Crippen LogP contribution is -2.51. The van der Waals surface area contributed by atoms with Crippen molar-refractivity contribution in [2.45, 2.75) is 77.8 Å². The minimum atomic E-state index is -3.97. The number of unbranched alkanes of at least 4 members (excludes halogenated alkanes) is 2. The van der Waals surface area contributed by atoms with Gasteiger partial charge in [0.1, 0.15) is 6.04 Å². The molecule has 10 heteroatoms. The van der Waals surface area contributed by atoms with Gasteiger partial charge in [-0.1, -0.05) is 81.2 Å². The highest BCUT2D eigenvalue weighted by Crippen LogP contribution is 2.30. The Hall–Kier alpha value is -3.66. The van der Waals surface area contributed by atoms with Crippen LogP contribution in [-0.2, 0) is 26.2 Å². The number of hydrogen-bond acceptors (Lipinski definition) is 6. The number of nitrogens with one attached hydrogen (secondary N) is 2. The van der Waals surface area contributed by atoms with Gasteiger partial charge in [0.2, 0.25) is 17.7 Å². The van der Waals surface area contributed by atoms with E-state index in [1.165, 1.54) is 6.07 Å². The molecular weight excluding hydrogens is 528 g/mol. The van der Waals surface area contributed by atoms with E-state index in [0.717, 1.165) is 24.8 Å². The maximum Gasteiger partial charge on any atom is 0.264 e. The molecule has 40 heavy (non-hydrogen) atoms. The van der Waals surface area contributed by atoms with E-state index in [1.54, 1.807) is 44.0 Å². The lowest BCUT2D eigenvalue weighted by Gasteiger charge is -2.33. The molecule has 2 aromatic carbocycles. The van der Waals surface area contributed by atoms with Crippen LogP contribution in [0.4, 0.5) is 5.88 Å². The van der Waals surface area contributed by atoms with E-state index in [0.29, 0.717) is 28.8 Å². The third-order valence-electron chi connectivity index (χ3n) is 6.98. The van der Waals surface area contributed by atoms with Gasteiger partial charge in [-0.2, -0.15) is 0 Å². The quantitative estimate of drug-likeness (QED) is 0.265. The fraction of sp³-hybridized carbons (Fsp3) is 0.433. The molecule has 9 nitrogen and oxygen atoms in total. The lowest BCUT2D eigenvalue weighted by molar-refractivity contribution is -0.142. The van der Waals surface area contributed by atoms with Gasteiger partial charge in [0.15, 0.2) is 0 Å². The molecule has 0 aliphatic carbocycles. The summed E-state index contributed by atoms with van der Waals surface area (Å²) in [7, 11) is -2.39. The van der Waals surface area contributed by atoms with Crippen LogP contribution in [-0.4, -0.2) is 43.4 Å². The van der Waals surface area contributed by atoms with Crippen LogP contribution in [0.25, 0.3) is 11.1 Å². The first-order valence-electron chi connectivity index (χ1n) is 13.6. The molecule has 3 aromatic rings. The summed E-state index contributed by atoms with van der Waals surface area (Å²) in [6.45, 7) is 9.70. The van der Waals surface area contributed by atoms with Crippen molar-refractivity contribution in [1.29, 1.82) is 0 Å². The molecule has 216 valence electrons.